The van der Waals surface area contributed by atoms with E-state index in [9.17, 15) is 8.42 Å². The highest BCUT2D eigenvalue weighted by molar-refractivity contribution is 7.91. The predicted octanol–water partition coefficient (Wildman–Crippen LogP) is 3.65. The Kier molecular flexibility index (Phi) is 5.92. The summed E-state index contributed by atoms with van der Waals surface area (Å²) in [6.07, 6.45) is 5.59. The lowest BCUT2D eigenvalue weighted by molar-refractivity contribution is 0.577. The third kappa shape index (κ3) is 4.59. The SMILES string of the molecule is O=S(=O)(NCCCc1ccc(N2CCCCC2)cc1)c1cccs1. The van der Waals surface area contributed by atoms with Crippen molar-refractivity contribution >= 4 is 27.0 Å². The molecule has 1 fully saturated rings. The van der Waals surface area contributed by atoms with Crippen molar-refractivity contribution in [3.05, 3.63) is 47.3 Å². The van der Waals surface area contributed by atoms with Crippen LogP contribution in [-0.2, 0) is 16.4 Å². The second-order valence-electron chi connectivity index (χ2n) is 6.15. The molecule has 1 aromatic heterocycles. The van der Waals surface area contributed by atoms with Gasteiger partial charge < -0.3 is 4.90 Å². The van der Waals surface area contributed by atoms with Gasteiger partial charge in [0.05, 0.1) is 0 Å². The summed E-state index contributed by atoms with van der Waals surface area (Å²) >= 11 is 1.24. The van der Waals surface area contributed by atoms with E-state index in [0.29, 0.717) is 10.8 Å². The number of benzene rings is 1. The zero-order chi connectivity index (χ0) is 16.8. The van der Waals surface area contributed by atoms with Crippen molar-refractivity contribution in [2.24, 2.45) is 0 Å². The molecule has 0 radical (unpaired) electrons. The van der Waals surface area contributed by atoms with Gasteiger partial charge in [0, 0.05) is 25.3 Å². The van der Waals surface area contributed by atoms with Gasteiger partial charge in [-0.15, -0.1) is 11.3 Å². The zero-order valence-electron chi connectivity index (χ0n) is 13.8. The van der Waals surface area contributed by atoms with Crippen molar-refractivity contribution < 1.29 is 8.42 Å². The summed E-state index contributed by atoms with van der Waals surface area (Å²) in [4.78, 5) is 2.45. The number of sulfonamides is 1. The van der Waals surface area contributed by atoms with Crippen LogP contribution >= 0.6 is 11.3 Å². The number of hydrogen-bond acceptors (Lipinski definition) is 4. The third-order valence-corrected chi connectivity index (χ3v) is 7.21. The lowest BCUT2D eigenvalue weighted by atomic mass is 10.1. The first kappa shape index (κ1) is 17.5. The first-order chi connectivity index (χ1) is 11.6. The average molecular weight is 365 g/mol. The maximum Gasteiger partial charge on any atom is 0.250 e. The lowest BCUT2D eigenvalue weighted by Gasteiger charge is -2.28. The molecule has 3 rings (SSSR count). The van der Waals surface area contributed by atoms with Gasteiger partial charge in [-0.2, -0.15) is 0 Å². The highest BCUT2D eigenvalue weighted by Gasteiger charge is 2.14. The Bertz CT molecular complexity index is 719. The maximum absolute atomic E-state index is 12.0. The van der Waals surface area contributed by atoms with Crippen LogP contribution in [0.3, 0.4) is 0 Å². The fourth-order valence-corrected chi connectivity index (χ4v) is 5.12. The predicted molar refractivity (Wildman–Crippen MR) is 100 cm³/mol. The van der Waals surface area contributed by atoms with E-state index in [-0.39, 0.29) is 0 Å². The van der Waals surface area contributed by atoms with E-state index in [1.165, 1.54) is 41.9 Å². The van der Waals surface area contributed by atoms with Crippen molar-refractivity contribution in [1.29, 1.82) is 0 Å². The second kappa shape index (κ2) is 8.14. The molecule has 0 spiro atoms. The van der Waals surface area contributed by atoms with Crippen molar-refractivity contribution in [2.75, 3.05) is 24.5 Å². The van der Waals surface area contributed by atoms with E-state index in [0.717, 1.165) is 25.9 Å². The van der Waals surface area contributed by atoms with E-state index in [1.54, 1.807) is 17.5 Å². The summed E-state index contributed by atoms with van der Waals surface area (Å²) in [6, 6.07) is 12.1. The standard InChI is InChI=1S/C18H24N2O2S2/c21-24(22,18-7-5-15-23-18)19-12-4-6-16-8-10-17(11-9-16)20-13-2-1-3-14-20/h5,7-11,15,19H,1-4,6,12-14H2. The normalized spacial score (nSPS) is 15.6. The topological polar surface area (TPSA) is 49.4 Å². The Hall–Kier alpha value is -1.37. The van der Waals surface area contributed by atoms with E-state index in [1.807, 2.05) is 0 Å². The Labute approximate surface area is 148 Å². The summed E-state index contributed by atoms with van der Waals surface area (Å²) < 4.78 is 27.1. The Morgan fingerprint density at radius 3 is 2.46 bits per heavy atom. The molecule has 130 valence electrons. The molecule has 2 aromatic rings. The van der Waals surface area contributed by atoms with Crippen LogP contribution in [0.5, 0.6) is 0 Å². The van der Waals surface area contributed by atoms with Gasteiger partial charge in [0.15, 0.2) is 0 Å². The number of aryl methyl sites for hydroxylation is 1. The van der Waals surface area contributed by atoms with Crippen LogP contribution in [0.1, 0.15) is 31.2 Å². The van der Waals surface area contributed by atoms with Gasteiger partial charge in [0.25, 0.3) is 0 Å². The van der Waals surface area contributed by atoms with Gasteiger partial charge >= 0.3 is 0 Å². The molecule has 2 heterocycles. The van der Waals surface area contributed by atoms with Gasteiger partial charge in [-0.1, -0.05) is 18.2 Å². The molecule has 0 unspecified atom stereocenters. The number of thiophene rings is 1. The molecule has 6 heteroatoms. The number of hydrogen-bond donors (Lipinski definition) is 1. The highest BCUT2D eigenvalue weighted by atomic mass is 32.2. The number of nitrogens with one attached hydrogen (secondary N) is 1. The van der Waals surface area contributed by atoms with E-state index in [2.05, 4.69) is 33.9 Å². The van der Waals surface area contributed by atoms with E-state index < -0.39 is 10.0 Å². The monoisotopic (exact) mass is 364 g/mol. The third-order valence-electron chi connectivity index (χ3n) is 4.35. The minimum absolute atomic E-state index is 0.383. The van der Waals surface area contributed by atoms with Crippen LogP contribution in [0, 0.1) is 0 Å². The molecule has 1 aromatic carbocycles. The van der Waals surface area contributed by atoms with Crippen LogP contribution < -0.4 is 9.62 Å². The number of nitrogens with zero attached hydrogens (tertiary/aromatic N) is 1. The maximum atomic E-state index is 12.0. The smallest absolute Gasteiger partial charge is 0.250 e. The van der Waals surface area contributed by atoms with Gasteiger partial charge in [0.2, 0.25) is 10.0 Å². The Morgan fingerprint density at radius 2 is 1.79 bits per heavy atom. The van der Waals surface area contributed by atoms with Gasteiger partial charge in [-0.05, 0) is 61.2 Å². The first-order valence-corrected chi connectivity index (χ1v) is 10.9. The molecule has 0 amide bonds. The van der Waals surface area contributed by atoms with E-state index >= 15 is 0 Å². The van der Waals surface area contributed by atoms with Crippen molar-refractivity contribution in [2.45, 2.75) is 36.3 Å². The number of anilines is 1. The zero-order valence-corrected chi connectivity index (χ0v) is 15.4. The molecule has 0 saturated carbocycles. The fourth-order valence-electron chi connectivity index (χ4n) is 3.01. The molecule has 1 aliphatic rings. The molecular formula is C18H24N2O2S2. The minimum Gasteiger partial charge on any atom is -0.372 e. The summed E-state index contributed by atoms with van der Waals surface area (Å²) in [5.74, 6) is 0. The lowest BCUT2D eigenvalue weighted by Crippen LogP contribution is -2.29. The first-order valence-electron chi connectivity index (χ1n) is 8.52. The fraction of sp³-hybridized carbons (Fsp3) is 0.444. The average Bonchev–Trinajstić information content (AvgIpc) is 3.16. The second-order valence-corrected chi connectivity index (χ2v) is 9.09. The summed E-state index contributed by atoms with van der Waals surface area (Å²) in [6.45, 7) is 2.78. The largest absolute Gasteiger partial charge is 0.372 e. The van der Waals surface area contributed by atoms with E-state index in [4.69, 9.17) is 0 Å². The molecule has 1 saturated heterocycles. The number of piperidine rings is 1. The Morgan fingerprint density at radius 1 is 1.04 bits per heavy atom. The summed E-state index contributed by atoms with van der Waals surface area (Å²) in [7, 11) is -3.33. The molecule has 0 atom stereocenters. The van der Waals surface area contributed by atoms with Gasteiger partial charge in [-0.25, -0.2) is 13.1 Å². The highest BCUT2D eigenvalue weighted by Crippen LogP contribution is 2.20. The Balaban J connectivity index is 1.45. The quantitative estimate of drug-likeness (QED) is 0.763. The molecule has 4 nitrogen and oxygen atoms in total. The van der Waals surface area contributed by atoms with Gasteiger partial charge in [-0.3, -0.25) is 0 Å². The van der Waals surface area contributed by atoms with Crippen LogP contribution in [-0.4, -0.2) is 28.1 Å². The molecule has 0 aliphatic carbocycles. The molecule has 1 aliphatic heterocycles. The van der Waals surface area contributed by atoms with Crippen LogP contribution in [0.25, 0.3) is 0 Å². The van der Waals surface area contributed by atoms with Crippen LogP contribution in [0.2, 0.25) is 0 Å². The van der Waals surface area contributed by atoms with Crippen molar-refractivity contribution in [3.8, 4) is 0 Å². The van der Waals surface area contributed by atoms with Crippen molar-refractivity contribution in [3.63, 3.8) is 0 Å². The van der Waals surface area contributed by atoms with Crippen LogP contribution in [0.15, 0.2) is 46.0 Å². The molecule has 1 N–H and O–H groups in total. The minimum atomic E-state index is -3.33. The summed E-state index contributed by atoms with van der Waals surface area (Å²) in [5, 5.41) is 1.78. The van der Waals surface area contributed by atoms with Crippen LogP contribution in [0.4, 0.5) is 5.69 Å². The molecule has 0 bridgehead atoms. The molecule has 24 heavy (non-hydrogen) atoms. The van der Waals surface area contributed by atoms with Crippen molar-refractivity contribution in [1.82, 2.24) is 4.72 Å². The summed E-state index contributed by atoms with van der Waals surface area (Å²) in [5.41, 5.74) is 2.56. The molecular weight excluding hydrogens is 340 g/mol. The number of rotatable bonds is 7. The van der Waals surface area contributed by atoms with Gasteiger partial charge in [0.1, 0.15) is 4.21 Å².